The summed E-state index contributed by atoms with van der Waals surface area (Å²) in [5, 5.41) is 3.19. The second-order valence-electron chi connectivity index (χ2n) is 12.4. The van der Waals surface area contributed by atoms with Gasteiger partial charge in [0, 0.05) is 23.1 Å². The third-order valence-electron chi connectivity index (χ3n) is 8.20. The fraction of sp³-hybridized carbons (Fsp3) is 0.567. The Balaban J connectivity index is 1.41. The van der Waals surface area contributed by atoms with E-state index in [1.165, 1.54) is 5.56 Å². The number of amides is 1. The molecule has 2 aromatic carbocycles. The van der Waals surface area contributed by atoms with Crippen LogP contribution in [0.25, 0.3) is 11.1 Å². The van der Waals surface area contributed by atoms with E-state index >= 15 is 0 Å². The Hall–Kier alpha value is -2.73. The van der Waals surface area contributed by atoms with Gasteiger partial charge >= 0.3 is 6.09 Å². The zero-order valence-electron chi connectivity index (χ0n) is 22.5. The molecule has 194 valence electrons. The molecule has 3 saturated heterocycles. The molecule has 36 heavy (non-hydrogen) atoms. The highest BCUT2D eigenvalue weighted by Crippen LogP contribution is 2.47. The molecule has 0 radical (unpaired) electrons. The van der Waals surface area contributed by atoms with Crippen LogP contribution in [0, 0.1) is 11.3 Å². The number of nitrogens with zero attached hydrogens (tertiary/aromatic N) is 1. The number of piperidine rings is 3. The highest BCUT2D eigenvalue weighted by atomic mass is 16.6. The second-order valence-corrected chi connectivity index (χ2v) is 12.4. The number of carbonyl (C=O) groups excluding carboxylic acids is 1. The lowest BCUT2D eigenvalue weighted by atomic mass is 9.78. The van der Waals surface area contributed by atoms with Crippen LogP contribution in [0.1, 0.15) is 64.6 Å². The smallest absolute Gasteiger partial charge is 0.407 e. The van der Waals surface area contributed by atoms with Gasteiger partial charge in [0.05, 0.1) is 19.8 Å². The first-order valence-electron chi connectivity index (χ1n) is 13.2. The lowest BCUT2D eigenvalue weighted by Crippen LogP contribution is -2.53. The third-order valence-corrected chi connectivity index (χ3v) is 8.20. The number of ether oxygens (including phenoxy) is 3. The summed E-state index contributed by atoms with van der Waals surface area (Å²) in [6.07, 6.45) is 1.85. The highest BCUT2D eigenvalue weighted by molar-refractivity contribution is 5.75. The summed E-state index contributed by atoms with van der Waals surface area (Å²) in [6, 6.07) is 12.4. The Morgan fingerprint density at radius 2 is 1.81 bits per heavy atom. The zero-order chi connectivity index (χ0) is 25.7. The first kappa shape index (κ1) is 24.9. The summed E-state index contributed by atoms with van der Waals surface area (Å²) in [4.78, 5) is 15.5. The molecule has 6 nitrogen and oxygen atoms in total. The van der Waals surface area contributed by atoms with Crippen molar-refractivity contribution in [3.8, 4) is 22.6 Å². The van der Waals surface area contributed by atoms with Gasteiger partial charge in [-0.05, 0) is 60.5 Å². The molecule has 3 fully saturated rings. The molecule has 6 rings (SSSR count). The van der Waals surface area contributed by atoms with Gasteiger partial charge in [0.1, 0.15) is 17.6 Å². The maximum Gasteiger partial charge on any atom is 0.407 e. The summed E-state index contributed by atoms with van der Waals surface area (Å²) in [5.74, 6) is 2.01. The lowest BCUT2D eigenvalue weighted by molar-refractivity contribution is -0.0361. The predicted molar refractivity (Wildman–Crippen MR) is 142 cm³/mol. The van der Waals surface area contributed by atoms with Crippen molar-refractivity contribution in [3.05, 3.63) is 47.5 Å². The van der Waals surface area contributed by atoms with Gasteiger partial charge in [-0.3, -0.25) is 4.90 Å². The van der Waals surface area contributed by atoms with Gasteiger partial charge in [0.25, 0.3) is 0 Å². The van der Waals surface area contributed by atoms with E-state index in [9.17, 15) is 4.79 Å². The number of benzene rings is 2. The Kier molecular flexibility index (Phi) is 6.44. The minimum atomic E-state index is -0.347. The molecule has 0 aliphatic carbocycles. The molecular formula is C30H40N2O4. The standard InChI is InChI=1S/C30H40N2O4/c1-29(2,3)21-9-7-19(8-10-21)22-15-25-23(16-24(22)34-6)27(30(4,5)18-35-25)31-28(33)36-26-17-32-13-11-20(26)12-14-32/h7-10,15-16,20,26-27H,11-14,17-18H2,1-6H3,(H,31,33)/t26-,27?/m0/s1. The molecular weight excluding hydrogens is 452 g/mol. The van der Waals surface area contributed by atoms with E-state index in [1.54, 1.807) is 7.11 Å². The van der Waals surface area contributed by atoms with E-state index < -0.39 is 0 Å². The Morgan fingerprint density at radius 3 is 2.39 bits per heavy atom. The van der Waals surface area contributed by atoms with Crippen molar-refractivity contribution in [3.63, 3.8) is 0 Å². The fourth-order valence-corrected chi connectivity index (χ4v) is 5.85. The topological polar surface area (TPSA) is 60.0 Å². The van der Waals surface area contributed by atoms with Crippen molar-refractivity contribution in [2.24, 2.45) is 11.3 Å². The predicted octanol–water partition coefficient (Wildman–Crippen LogP) is 5.94. The van der Waals surface area contributed by atoms with Gasteiger partial charge in [-0.25, -0.2) is 4.79 Å². The minimum absolute atomic E-state index is 0.0251. The number of rotatable bonds is 4. The zero-order valence-corrected chi connectivity index (χ0v) is 22.5. The number of alkyl carbamates (subject to hydrolysis) is 1. The largest absolute Gasteiger partial charge is 0.496 e. The number of nitrogens with one attached hydrogen (secondary N) is 1. The summed E-state index contributed by atoms with van der Waals surface area (Å²) >= 11 is 0. The Labute approximate surface area is 215 Å². The molecule has 2 aromatic rings. The molecule has 1 N–H and O–H groups in total. The maximum atomic E-state index is 13.1. The molecule has 1 amide bonds. The van der Waals surface area contributed by atoms with Crippen LogP contribution in [-0.4, -0.2) is 50.4 Å². The van der Waals surface area contributed by atoms with Crippen LogP contribution >= 0.6 is 0 Å². The van der Waals surface area contributed by atoms with E-state index in [0.29, 0.717) is 12.5 Å². The van der Waals surface area contributed by atoms with Crippen LogP contribution in [0.5, 0.6) is 11.5 Å². The van der Waals surface area contributed by atoms with Gasteiger partial charge in [-0.2, -0.15) is 0 Å². The van der Waals surface area contributed by atoms with Crippen LogP contribution in [0.4, 0.5) is 4.79 Å². The molecule has 2 bridgehead atoms. The molecule has 4 aliphatic heterocycles. The third kappa shape index (κ3) is 4.80. The highest BCUT2D eigenvalue weighted by Gasteiger charge is 2.41. The first-order chi connectivity index (χ1) is 17.0. The quantitative estimate of drug-likeness (QED) is 0.572. The van der Waals surface area contributed by atoms with E-state index in [2.05, 4.69) is 69.1 Å². The molecule has 0 saturated carbocycles. The van der Waals surface area contributed by atoms with E-state index in [4.69, 9.17) is 14.2 Å². The van der Waals surface area contributed by atoms with Crippen LogP contribution in [0.3, 0.4) is 0 Å². The summed E-state index contributed by atoms with van der Waals surface area (Å²) in [6.45, 7) is 14.4. The van der Waals surface area contributed by atoms with Crippen molar-refractivity contribution < 1.29 is 19.0 Å². The number of methoxy groups -OCH3 is 1. The SMILES string of the molecule is COc1cc2c(cc1-c1ccc(C(C)(C)C)cc1)OCC(C)(C)C2NC(=O)O[C@H]1CN2CCC1CC2. The fourth-order valence-electron chi connectivity index (χ4n) is 5.85. The molecule has 6 heteroatoms. The Morgan fingerprint density at radius 1 is 1.11 bits per heavy atom. The molecule has 0 spiro atoms. The van der Waals surface area contributed by atoms with Crippen LogP contribution in [0.2, 0.25) is 0 Å². The average molecular weight is 493 g/mol. The number of carbonyl (C=O) groups is 1. The number of hydrogen-bond donors (Lipinski definition) is 1. The lowest BCUT2D eigenvalue weighted by Gasteiger charge is -2.44. The second kappa shape index (κ2) is 9.29. The summed E-state index contributed by atoms with van der Waals surface area (Å²) in [7, 11) is 1.69. The van der Waals surface area contributed by atoms with Gasteiger partial charge in [-0.1, -0.05) is 58.9 Å². The van der Waals surface area contributed by atoms with Gasteiger partial charge in [0.2, 0.25) is 0 Å². The maximum absolute atomic E-state index is 13.1. The normalized spacial score (nSPS) is 26.5. The minimum Gasteiger partial charge on any atom is -0.496 e. The van der Waals surface area contributed by atoms with Crippen LogP contribution < -0.4 is 14.8 Å². The monoisotopic (exact) mass is 492 g/mol. The number of fused-ring (bicyclic) bond motifs is 4. The van der Waals surface area contributed by atoms with Gasteiger partial charge < -0.3 is 19.5 Å². The summed E-state index contributed by atoms with van der Waals surface area (Å²) < 4.78 is 18.0. The molecule has 1 unspecified atom stereocenters. The Bertz CT molecular complexity index is 1110. The van der Waals surface area contributed by atoms with Crippen molar-refractivity contribution in [2.45, 2.75) is 65.0 Å². The van der Waals surface area contributed by atoms with Gasteiger partial charge in [0.15, 0.2) is 0 Å². The van der Waals surface area contributed by atoms with Crippen LogP contribution in [-0.2, 0) is 10.2 Å². The van der Waals surface area contributed by atoms with Crippen molar-refractivity contribution >= 4 is 6.09 Å². The van der Waals surface area contributed by atoms with Gasteiger partial charge in [-0.15, -0.1) is 0 Å². The van der Waals surface area contributed by atoms with E-state index in [-0.39, 0.29) is 29.1 Å². The van der Waals surface area contributed by atoms with E-state index in [1.807, 2.05) is 12.1 Å². The average Bonchev–Trinajstić information content (AvgIpc) is 2.85. The molecule has 0 aromatic heterocycles. The van der Waals surface area contributed by atoms with Crippen molar-refractivity contribution in [1.82, 2.24) is 10.2 Å². The molecule has 2 atom stereocenters. The first-order valence-corrected chi connectivity index (χ1v) is 13.2. The summed E-state index contributed by atoms with van der Waals surface area (Å²) in [5.41, 5.74) is 4.04. The van der Waals surface area contributed by atoms with E-state index in [0.717, 1.165) is 60.7 Å². The van der Waals surface area contributed by atoms with Crippen molar-refractivity contribution in [1.29, 1.82) is 0 Å². The van der Waals surface area contributed by atoms with Crippen LogP contribution in [0.15, 0.2) is 36.4 Å². The van der Waals surface area contributed by atoms with Crippen molar-refractivity contribution in [2.75, 3.05) is 33.4 Å². The number of hydrogen-bond acceptors (Lipinski definition) is 5. The molecule has 4 heterocycles. The molecule has 4 aliphatic rings.